The van der Waals surface area contributed by atoms with Crippen LogP contribution in [0.15, 0.2) is 29.5 Å². The number of aliphatic hydroxyl groups excluding tert-OH is 1. The first-order chi connectivity index (χ1) is 15.0. The average molecular weight is 427 g/mol. The fourth-order valence-corrected chi connectivity index (χ4v) is 4.50. The van der Waals surface area contributed by atoms with Gasteiger partial charge >= 0.3 is 5.97 Å². The maximum Gasteiger partial charge on any atom is 0.337 e. The maximum absolute atomic E-state index is 13.0. The van der Waals surface area contributed by atoms with Gasteiger partial charge in [-0.25, -0.2) is 4.79 Å². The Hall–Kier alpha value is -3.20. The highest BCUT2D eigenvalue weighted by atomic mass is 16.5. The number of fused-ring (bicyclic) bond motifs is 1. The second-order valence-corrected chi connectivity index (χ2v) is 7.95. The molecular formula is C22H25N3O6. The Balaban J connectivity index is 1.61. The molecule has 1 aromatic carbocycles. The number of carbonyl (C=O) groups is 4. The number of methoxy groups -OCH3 is 1. The molecule has 0 atom stereocenters. The zero-order valence-electron chi connectivity index (χ0n) is 17.3. The van der Waals surface area contributed by atoms with E-state index in [4.69, 9.17) is 4.74 Å². The summed E-state index contributed by atoms with van der Waals surface area (Å²) in [6.07, 6.45) is 4.76. The van der Waals surface area contributed by atoms with Gasteiger partial charge in [0, 0.05) is 18.3 Å². The third-order valence-corrected chi connectivity index (χ3v) is 6.08. The smallest absolute Gasteiger partial charge is 0.337 e. The topological polar surface area (TPSA) is 116 Å². The summed E-state index contributed by atoms with van der Waals surface area (Å²) in [5.41, 5.74) is 1.25. The number of nitrogens with one attached hydrogen (secondary N) is 1. The lowest BCUT2D eigenvalue weighted by molar-refractivity contribution is -0.136. The molecule has 1 fully saturated rings. The maximum atomic E-state index is 13.0. The fraction of sp³-hybridized carbons (Fsp3) is 0.455. The molecule has 3 aliphatic rings. The monoisotopic (exact) mass is 427 g/mol. The van der Waals surface area contributed by atoms with Crippen molar-refractivity contribution in [2.24, 2.45) is 0 Å². The molecule has 164 valence electrons. The van der Waals surface area contributed by atoms with E-state index in [1.165, 1.54) is 16.9 Å². The van der Waals surface area contributed by atoms with E-state index < -0.39 is 11.9 Å². The molecule has 1 aliphatic carbocycles. The van der Waals surface area contributed by atoms with Crippen LogP contribution in [0.2, 0.25) is 0 Å². The second kappa shape index (κ2) is 8.50. The van der Waals surface area contributed by atoms with E-state index in [1.807, 2.05) is 0 Å². The summed E-state index contributed by atoms with van der Waals surface area (Å²) < 4.78 is 4.78. The molecule has 0 spiro atoms. The van der Waals surface area contributed by atoms with Gasteiger partial charge in [0.1, 0.15) is 5.70 Å². The van der Waals surface area contributed by atoms with Crippen molar-refractivity contribution >= 4 is 29.4 Å². The van der Waals surface area contributed by atoms with Crippen molar-refractivity contribution in [3.8, 4) is 0 Å². The summed E-state index contributed by atoms with van der Waals surface area (Å²) in [6, 6.07) is 4.65. The number of esters is 1. The predicted molar refractivity (Wildman–Crippen MR) is 110 cm³/mol. The van der Waals surface area contributed by atoms with Crippen LogP contribution < -0.4 is 5.32 Å². The van der Waals surface area contributed by atoms with E-state index in [9.17, 15) is 24.3 Å². The summed E-state index contributed by atoms with van der Waals surface area (Å²) in [5.74, 6) is -1.69. The van der Waals surface area contributed by atoms with Gasteiger partial charge < -0.3 is 20.1 Å². The van der Waals surface area contributed by atoms with Crippen molar-refractivity contribution in [2.75, 3.05) is 32.1 Å². The van der Waals surface area contributed by atoms with Gasteiger partial charge in [-0.3, -0.25) is 19.3 Å². The number of aliphatic hydroxyl groups is 1. The highest BCUT2D eigenvalue weighted by Crippen LogP contribution is 2.33. The first-order valence-corrected chi connectivity index (χ1v) is 10.5. The predicted octanol–water partition coefficient (Wildman–Crippen LogP) is 1.29. The summed E-state index contributed by atoms with van der Waals surface area (Å²) in [4.78, 5) is 53.4. The zero-order valence-corrected chi connectivity index (χ0v) is 17.3. The van der Waals surface area contributed by atoms with E-state index in [-0.39, 0.29) is 48.8 Å². The number of rotatable bonds is 6. The van der Waals surface area contributed by atoms with E-state index in [2.05, 4.69) is 5.32 Å². The van der Waals surface area contributed by atoms with Crippen LogP contribution in [0.3, 0.4) is 0 Å². The van der Waals surface area contributed by atoms with Crippen LogP contribution in [0.5, 0.6) is 0 Å². The number of anilines is 1. The van der Waals surface area contributed by atoms with Crippen LogP contribution >= 0.6 is 0 Å². The lowest BCUT2D eigenvalue weighted by Crippen LogP contribution is -2.40. The molecule has 9 nitrogen and oxygen atoms in total. The minimum Gasteiger partial charge on any atom is -0.466 e. The molecule has 0 aromatic heterocycles. The fourth-order valence-electron chi connectivity index (χ4n) is 4.50. The largest absolute Gasteiger partial charge is 0.466 e. The van der Waals surface area contributed by atoms with Gasteiger partial charge in [0.2, 0.25) is 0 Å². The summed E-state index contributed by atoms with van der Waals surface area (Å²) >= 11 is 0. The van der Waals surface area contributed by atoms with Crippen LogP contribution in [0.25, 0.3) is 0 Å². The summed E-state index contributed by atoms with van der Waals surface area (Å²) in [5, 5.41) is 12.1. The molecule has 2 aliphatic heterocycles. The molecule has 9 heteroatoms. The Morgan fingerprint density at radius 2 is 1.81 bits per heavy atom. The van der Waals surface area contributed by atoms with Crippen LogP contribution in [-0.2, 0) is 14.3 Å². The molecule has 0 unspecified atom stereocenters. The molecule has 1 aromatic rings. The van der Waals surface area contributed by atoms with Gasteiger partial charge in [-0.15, -0.1) is 0 Å². The van der Waals surface area contributed by atoms with Crippen LogP contribution in [-0.4, -0.2) is 71.4 Å². The number of β-amino-alcohol motifs (C(OH)–C–C–N with tert-alkyl or cyclic N) is 1. The summed E-state index contributed by atoms with van der Waals surface area (Å²) in [6.45, 7) is -0.135. The highest BCUT2D eigenvalue weighted by Gasteiger charge is 2.41. The number of carbonyl (C=O) groups excluding carboxylic acids is 4. The van der Waals surface area contributed by atoms with Crippen molar-refractivity contribution in [2.45, 2.75) is 38.1 Å². The van der Waals surface area contributed by atoms with Gasteiger partial charge in [0.05, 0.1) is 37.0 Å². The number of ether oxygens (including phenoxy) is 1. The molecule has 4 rings (SSSR count). The molecule has 2 N–H and O–H groups in total. The molecule has 0 saturated heterocycles. The van der Waals surface area contributed by atoms with Gasteiger partial charge in [-0.05, 0) is 31.0 Å². The Labute approximate surface area is 179 Å². The number of hydrogen-bond acceptors (Lipinski definition) is 7. The molecular weight excluding hydrogens is 402 g/mol. The number of imide groups is 1. The molecule has 0 radical (unpaired) electrons. The number of hydrogen-bond donors (Lipinski definition) is 2. The molecule has 0 bridgehead atoms. The van der Waals surface area contributed by atoms with Gasteiger partial charge in [0.15, 0.2) is 0 Å². The van der Waals surface area contributed by atoms with E-state index in [1.54, 1.807) is 18.2 Å². The van der Waals surface area contributed by atoms with Crippen LogP contribution in [0, 0.1) is 0 Å². The van der Waals surface area contributed by atoms with Crippen molar-refractivity contribution in [1.82, 2.24) is 9.80 Å². The Morgan fingerprint density at radius 3 is 2.48 bits per heavy atom. The van der Waals surface area contributed by atoms with Crippen molar-refractivity contribution < 1.29 is 29.0 Å². The number of nitrogens with zero attached hydrogens (tertiary/aromatic N) is 2. The lowest BCUT2D eigenvalue weighted by Gasteiger charge is -2.29. The standard InChI is InChI=1S/C22H25N3O6/c1-31-22(30)17-12-24(9-10-26)21(29)18(17)23-13-7-8-15-16(11-13)20(28)25(19(15)27)14-5-3-2-4-6-14/h7-8,11,14,23,26H,2-6,9-10,12H2,1H3. The Kier molecular flexibility index (Phi) is 5.77. The first-order valence-electron chi connectivity index (χ1n) is 10.5. The van der Waals surface area contributed by atoms with Crippen molar-refractivity contribution in [3.63, 3.8) is 0 Å². The third kappa shape index (κ3) is 3.69. The summed E-state index contributed by atoms with van der Waals surface area (Å²) in [7, 11) is 1.23. The number of amides is 3. The zero-order chi connectivity index (χ0) is 22.1. The van der Waals surface area contributed by atoms with E-state index >= 15 is 0 Å². The van der Waals surface area contributed by atoms with E-state index in [0.29, 0.717) is 16.8 Å². The van der Waals surface area contributed by atoms with Gasteiger partial charge in [0.25, 0.3) is 17.7 Å². The van der Waals surface area contributed by atoms with E-state index in [0.717, 1.165) is 32.1 Å². The minimum atomic E-state index is -0.646. The average Bonchev–Trinajstić information content (AvgIpc) is 3.22. The van der Waals surface area contributed by atoms with Crippen molar-refractivity contribution in [1.29, 1.82) is 0 Å². The minimum absolute atomic E-state index is 0.0201. The van der Waals surface area contributed by atoms with Gasteiger partial charge in [-0.1, -0.05) is 19.3 Å². The van der Waals surface area contributed by atoms with Gasteiger partial charge in [-0.2, -0.15) is 0 Å². The molecule has 2 heterocycles. The first kappa shape index (κ1) is 21.0. The normalized spacial score (nSPS) is 19.4. The molecule has 31 heavy (non-hydrogen) atoms. The lowest BCUT2D eigenvalue weighted by atomic mass is 9.94. The molecule has 3 amide bonds. The second-order valence-electron chi connectivity index (χ2n) is 7.95. The number of benzene rings is 1. The van der Waals surface area contributed by atoms with Crippen molar-refractivity contribution in [3.05, 3.63) is 40.6 Å². The Bertz CT molecular complexity index is 979. The Morgan fingerprint density at radius 1 is 1.10 bits per heavy atom. The molecule has 1 saturated carbocycles. The van der Waals surface area contributed by atoms with Crippen LogP contribution in [0.1, 0.15) is 52.8 Å². The quantitative estimate of drug-likeness (QED) is 0.519. The highest BCUT2D eigenvalue weighted by molar-refractivity contribution is 6.22. The third-order valence-electron chi connectivity index (χ3n) is 6.08. The van der Waals surface area contributed by atoms with Crippen LogP contribution in [0.4, 0.5) is 5.69 Å². The SMILES string of the molecule is COC(=O)C1=C(Nc2ccc3c(c2)C(=O)N(C2CCCCC2)C3=O)C(=O)N(CCO)C1.